The largest absolute Gasteiger partial charge is 0.435 e. The molecule has 0 radical (unpaired) electrons. The number of thiophene rings is 2. The maximum Gasteiger partial charge on any atom is 0.237 e. The molecule has 0 atom stereocenters. The van der Waals surface area contributed by atoms with E-state index < -0.39 is 0 Å². The summed E-state index contributed by atoms with van der Waals surface area (Å²) in [7, 11) is 0. The fourth-order valence-electron chi connectivity index (χ4n) is 4.94. The monoisotopic (exact) mass is 576 g/mol. The molecule has 42 heavy (non-hydrogen) atoms. The Kier molecular flexibility index (Phi) is 5.51. The van der Waals surface area contributed by atoms with Crippen molar-refractivity contribution >= 4 is 55.6 Å². The number of aromatic nitrogens is 2. The summed E-state index contributed by atoms with van der Waals surface area (Å²) in [5, 5.41) is 20.1. The molecule has 4 aromatic carbocycles. The summed E-state index contributed by atoms with van der Waals surface area (Å²) >= 11 is 3.20. The van der Waals surface area contributed by atoms with E-state index in [1.54, 1.807) is 22.7 Å². The van der Waals surface area contributed by atoms with E-state index in [4.69, 9.17) is 29.3 Å². The lowest BCUT2D eigenvalue weighted by Gasteiger charge is -1.96. The van der Waals surface area contributed by atoms with Crippen molar-refractivity contribution in [3.63, 3.8) is 0 Å². The smallest absolute Gasteiger partial charge is 0.237 e. The van der Waals surface area contributed by atoms with Gasteiger partial charge < -0.3 is 8.83 Å². The van der Waals surface area contributed by atoms with Crippen molar-refractivity contribution in [2.45, 2.75) is 0 Å². The van der Waals surface area contributed by atoms with Gasteiger partial charge in [-0.1, -0.05) is 24.3 Å². The van der Waals surface area contributed by atoms with E-state index in [-0.39, 0.29) is 0 Å². The number of hydrogen-bond donors (Lipinski definition) is 0. The fraction of sp³-hybridized carbons (Fsp3) is 0. The zero-order valence-corrected chi connectivity index (χ0v) is 23.3. The van der Waals surface area contributed by atoms with Crippen LogP contribution < -0.4 is 0 Å². The quantitative estimate of drug-likeness (QED) is 0.207. The Morgan fingerprint density at radius 2 is 0.905 bits per heavy atom. The molecule has 8 heteroatoms. The zero-order chi connectivity index (χ0) is 28.2. The Hall–Kier alpha value is -5.54. The molecule has 0 aliphatic heterocycles. The van der Waals surface area contributed by atoms with E-state index in [2.05, 4.69) is 12.1 Å². The number of oxazole rings is 2. The molecular formula is C34H16N4O2S2. The standard InChI is InChI=1S/C34H16N4O2S2/c35-17-19-1-5-21(6-2-19)29-9-11-31(41-29)33-37-25-13-23-16-28-26(14-24(23)15-27(25)39-33)38-34(40-28)32-12-10-30(42-32)22-7-3-20(18-36)4-8-22/h1-16H. The Bertz CT molecular complexity index is 2140. The van der Waals surface area contributed by atoms with Gasteiger partial charge in [-0.25, -0.2) is 9.97 Å². The van der Waals surface area contributed by atoms with Crippen LogP contribution in [0.2, 0.25) is 0 Å². The van der Waals surface area contributed by atoms with Crippen LogP contribution in [0.25, 0.3) is 75.4 Å². The summed E-state index contributed by atoms with van der Waals surface area (Å²) in [5.74, 6) is 1.15. The Morgan fingerprint density at radius 1 is 0.500 bits per heavy atom. The van der Waals surface area contributed by atoms with Gasteiger partial charge in [-0.05, 0) is 94.7 Å². The molecule has 0 amide bonds. The van der Waals surface area contributed by atoms with Gasteiger partial charge in [0.05, 0.1) is 33.0 Å². The van der Waals surface area contributed by atoms with Gasteiger partial charge in [0.2, 0.25) is 11.8 Å². The minimum absolute atomic E-state index is 0.574. The molecule has 0 aliphatic rings. The molecule has 196 valence electrons. The third-order valence-corrected chi connectivity index (χ3v) is 9.33. The summed E-state index contributed by atoms with van der Waals surface area (Å²) in [6.45, 7) is 0. The molecular weight excluding hydrogens is 561 g/mol. The lowest BCUT2D eigenvalue weighted by atomic mass is 10.1. The van der Waals surface area contributed by atoms with E-state index in [1.807, 2.05) is 97.1 Å². The summed E-state index contributed by atoms with van der Waals surface area (Å²) in [6.07, 6.45) is 0. The van der Waals surface area contributed by atoms with E-state index in [0.29, 0.717) is 34.1 Å². The van der Waals surface area contributed by atoms with Crippen LogP contribution in [0, 0.1) is 22.7 Å². The first kappa shape index (κ1) is 24.3. The van der Waals surface area contributed by atoms with Crippen molar-refractivity contribution in [3.8, 4) is 54.6 Å². The summed E-state index contributed by atoms with van der Waals surface area (Å²) < 4.78 is 12.4. The van der Waals surface area contributed by atoms with Crippen LogP contribution in [-0.4, -0.2) is 9.97 Å². The van der Waals surface area contributed by atoms with Crippen LogP contribution in [0.1, 0.15) is 11.1 Å². The third kappa shape index (κ3) is 4.15. The third-order valence-electron chi connectivity index (χ3n) is 7.08. The molecule has 0 saturated carbocycles. The highest BCUT2D eigenvalue weighted by Gasteiger charge is 2.16. The van der Waals surface area contributed by atoms with Crippen LogP contribution in [0.5, 0.6) is 0 Å². The van der Waals surface area contributed by atoms with Crippen molar-refractivity contribution in [2.24, 2.45) is 0 Å². The predicted molar refractivity (Wildman–Crippen MR) is 166 cm³/mol. The topological polar surface area (TPSA) is 99.6 Å². The van der Waals surface area contributed by atoms with Gasteiger partial charge >= 0.3 is 0 Å². The van der Waals surface area contributed by atoms with E-state index in [9.17, 15) is 0 Å². The zero-order valence-electron chi connectivity index (χ0n) is 21.7. The first-order chi connectivity index (χ1) is 20.6. The molecule has 8 aromatic rings. The highest BCUT2D eigenvalue weighted by molar-refractivity contribution is 7.19. The van der Waals surface area contributed by atoms with Gasteiger partial charge in [0, 0.05) is 9.75 Å². The van der Waals surface area contributed by atoms with Crippen molar-refractivity contribution in [2.75, 3.05) is 0 Å². The van der Waals surface area contributed by atoms with Gasteiger partial charge in [0.15, 0.2) is 11.2 Å². The first-order valence-electron chi connectivity index (χ1n) is 13.0. The average Bonchev–Trinajstić information content (AvgIpc) is 3.84. The van der Waals surface area contributed by atoms with Gasteiger partial charge in [-0.3, -0.25) is 0 Å². The SMILES string of the molecule is N#Cc1ccc(-c2ccc(-c3nc4cc5cc6oc(-c7ccc(-c8ccc(C#N)cc8)s7)nc6cc5cc4o3)s2)cc1. The van der Waals surface area contributed by atoms with E-state index >= 15 is 0 Å². The van der Waals surface area contributed by atoms with Crippen molar-refractivity contribution in [1.82, 2.24) is 9.97 Å². The number of hydrogen-bond acceptors (Lipinski definition) is 8. The summed E-state index contributed by atoms with van der Waals surface area (Å²) in [5.41, 5.74) is 6.34. The van der Waals surface area contributed by atoms with Crippen LogP contribution >= 0.6 is 22.7 Å². The molecule has 0 spiro atoms. The molecule has 0 aliphatic carbocycles. The normalized spacial score (nSPS) is 11.3. The van der Waals surface area contributed by atoms with Gasteiger partial charge in [0.25, 0.3) is 0 Å². The summed E-state index contributed by atoms with van der Waals surface area (Å²) in [6, 6.07) is 35.6. The highest BCUT2D eigenvalue weighted by Crippen LogP contribution is 2.38. The molecule has 0 fully saturated rings. The van der Waals surface area contributed by atoms with Crippen LogP contribution in [0.4, 0.5) is 0 Å². The minimum atomic E-state index is 0.574. The number of rotatable bonds is 4. The highest BCUT2D eigenvalue weighted by atomic mass is 32.1. The predicted octanol–water partition coefficient (Wildman–Crippen LogP) is 9.66. The summed E-state index contributed by atoms with van der Waals surface area (Å²) in [4.78, 5) is 13.6. The maximum atomic E-state index is 9.06. The lowest BCUT2D eigenvalue weighted by Crippen LogP contribution is -1.76. The Balaban J connectivity index is 1.11. The molecule has 0 saturated heterocycles. The number of nitriles is 2. The van der Waals surface area contributed by atoms with Gasteiger partial charge in [-0.15, -0.1) is 22.7 Å². The number of nitrogens with zero attached hydrogens (tertiary/aromatic N) is 4. The molecule has 0 unspecified atom stereocenters. The molecule has 0 N–H and O–H groups in total. The molecule has 8 rings (SSSR count). The second-order valence-corrected chi connectivity index (χ2v) is 11.9. The second-order valence-electron chi connectivity index (χ2n) is 9.73. The van der Waals surface area contributed by atoms with Crippen molar-refractivity contribution in [1.29, 1.82) is 10.5 Å². The van der Waals surface area contributed by atoms with Crippen LogP contribution in [0.3, 0.4) is 0 Å². The second kappa shape index (κ2) is 9.53. The van der Waals surface area contributed by atoms with E-state index in [0.717, 1.165) is 52.4 Å². The number of fused-ring (bicyclic) bond motifs is 3. The van der Waals surface area contributed by atoms with Gasteiger partial charge in [-0.2, -0.15) is 10.5 Å². The van der Waals surface area contributed by atoms with Crippen molar-refractivity contribution < 1.29 is 8.83 Å². The molecule has 4 heterocycles. The van der Waals surface area contributed by atoms with Crippen molar-refractivity contribution in [3.05, 3.63) is 108 Å². The maximum absolute atomic E-state index is 9.06. The number of benzene rings is 4. The lowest BCUT2D eigenvalue weighted by molar-refractivity contribution is 0.621. The van der Waals surface area contributed by atoms with Crippen LogP contribution in [0.15, 0.2) is 106 Å². The molecule has 4 aromatic heterocycles. The Labute approximate surface area is 247 Å². The Morgan fingerprint density at radius 3 is 1.31 bits per heavy atom. The van der Waals surface area contributed by atoms with Crippen LogP contribution in [-0.2, 0) is 0 Å². The molecule has 0 bridgehead atoms. The van der Waals surface area contributed by atoms with Gasteiger partial charge in [0.1, 0.15) is 11.0 Å². The molecule has 6 nitrogen and oxygen atoms in total. The average molecular weight is 577 g/mol. The first-order valence-corrected chi connectivity index (χ1v) is 14.6. The minimum Gasteiger partial charge on any atom is -0.435 e. The fourth-order valence-corrected chi connectivity index (χ4v) is 6.81. The van der Waals surface area contributed by atoms with E-state index in [1.165, 1.54) is 0 Å².